The van der Waals surface area contributed by atoms with E-state index in [1.54, 1.807) is 25.3 Å². The average molecular weight is 283 g/mol. The number of nitrogens with two attached hydrogens (primary N) is 1. The zero-order valence-electron chi connectivity index (χ0n) is 11.4. The number of hydrogen-bond donors (Lipinski definition) is 2. The van der Waals surface area contributed by atoms with Crippen LogP contribution in [0.3, 0.4) is 0 Å². The molecule has 2 unspecified atom stereocenters. The number of rotatable bonds is 3. The third-order valence-electron chi connectivity index (χ3n) is 4.03. The van der Waals surface area contributed by atoms with Crippen molar-refractivity contribution >= 4 is 23.2 Å². The molecular weight excluding hydrogens is 264 g/mol. The Morgan fingerprint density at radius 2 is 2.21 bits per heavy atom. The van der Waals surface area contributed by atoms with Crippen molar-refractivity contribution in [3.63, 3.8) is 0 Å². The molecule has 19 heavy (non-hydrogen) atoms. The first-order chi connectivity index (χ1) is 8.86. The number of carbonyl (C=O) groups is 1. The van der Waals surface area contributed by atoms with Crippen LogP contribution in [0.1, 0.15) is 30.6 Å². The first kappa shape index (κ1) is 14.2. The SMILES string of the molecule is COC1CC(NC(=O)c2ccc(Cl)cc2N)C1(C)C. The number of nitrogen functional groups attached to an aromatic ring is 1. The molecule has 104 valence electrons. The number of amides is 1. The molecule has 4 nitrogen and oxygen atoms in total. The van der Waals surface area contributed by atoms with Crippen LogP contribution in [0.2, 0.25) is 5.02 Å². The monoisotopic (exact) mass is 282 g/mol. The molecule has 2 atom stereocenters. The van der Waals surface area contributed by atoms with E-state index in [0.29, 0.717) is 16.3 Å². The van der Waals surface area contributed by atoms with Crippen molar-refractivity contribution in [2.45, 2.75) is 32.4 Å². The Bertz CT molecular complexity index is 502. The number of ether oxygens (including phenoxy) is 1. The summed E-state index contributed by atoms with van der Waals surface area (Å²) in [7, 11) is 1.70. The fourth-order valence-corrected chi connectivity index (χ4v) is 2.69. The Labute approximate surface area is 118 Å². The maximum absolute atomic E-state index is 12.2. The van der Waals surface area contributed by atoms with Crippen LogP contribution in [-0.4, -0.2) is 25.2 Å². The van der Waals surface area contributed by atoms with E-state index < -0.39 is 0 Å². The second-order valence-corrected chi connectivity index (χ2v) is 5.98. The number of halogens is 1. The van der Waals surface area contributed by atoms with Crippen molar-refractivity contribution in [3.05, 3.63) is 28.8 Å². The van der Waals surface area contributed by atoms with E-state index in [4.69, 9.17) is 22.1 Å². The van der Waals surface area contributed by atoms with Gasteiger partial charge in [-0.25, -0.2) is 0 Å². The summed E-state index contributed by atoms with van der Waals surface area (Å²) in [5.41, 5.74) is 6.60. The summed E-state index contributed by atoms with van der Waals surface area (Å²) in [4.78, 5) is 12.2. The summed E-state index contributed by atoms with van der Waals surface area (Å²) in [6.45, 7) is 4.17. The lowest BCUT2D eigenvalue weighted by Crippen LogP contribution is -2.61. The molecule has 0 aliphatic heterocycles. The molecule has 1 aliphatic rings. The van der Waals surface area contributed by atoms with E-state index in [2.05, 4.69) is 19.2 Å². The molecule has 1 aliphatic carbocycles. The van der Waals surface area contributed by atoms with Crippen LogP contribution in [0.5, 0.6) is 0 Å². The second kappa shape index (κ2) is 5.02. The third-order valence-corrected chi connectivity index (χ3v) is 4.26. The lowest BCUT2D eigenvalue weighted by molar-refractivity contribution is -0.0942. The largest absolute Gasteiger partial charge is 0.398 e. The maximum atomic E-state index is 12.2. The molecule has 1 aromatic rings. The number of hydrogen-bond acceptors (Lipinski definition) is 3. The Kier molecular flexibility index (Phi) is 3.74. The van der Waals surface area contributed by atoms with Gasteiger partial charge in [-0.15, -0.1) is 0 Å². The molecule has 1 amide bonds. The van der Waals surface area contributed by atoms with Crippen LogP contribution < -0.4 is 11.1 Å². The zero-order chi connectivity index (χ0) is 14.2. The Hall–Kier alpha value is -1.26. The quantitative estimate of drug-likeness (QED) is 0.837. The van der Waals surface area contributed by atoms with E-state index in [-0.39, 0.29) is 23.5 Å². The molecule has 0 spiro atoms. The number of nitrogens with one attached hydrogen (secondary N) is 1. The van der Waals surface area contributed by atoms with Gasteiger partial charge in [0.15, 0.2) is 0 Å². The van der Waals surface area contributed by atoms with Gasteiger partial charge in [-0.1, -0.05) is 25.4 Å². The van der Waals surface area contributed by atoms with Crippen molar-refractivity contribution in [2.24, 2.45) is 5.41 Å². The first-order valence-electron chi connectivity index (χ1n) is 6.25. The number of carbonyl (C=O) groups excluding carboxylic acids is 1. The fraction of sp³-hybridized carbons (Fsp3) is 0.500. The first-order valence-corrected chi connectivity index (χ1v) is 6.62. The van der Waals surface area contributed by atoms with E-state index in [1.807, 2.05) is 0 Å². The van der Waals surface area contributed by atoms with Gasteiger partial charge >= 0.3 is 0 Å². The lowest BCUT2D eigenvalue weighted by atomic mass is 9.64. The van der Waals surface area contributed by atoms with Gasteiger partial charge in [-0.05, 0) is 24.6 Å². The number of anilines is 1. The minimum Gasteiger partial charge on any atom is -0.398 e. The molecule has 1 aromatic carbocycles. The molecule has 0 bridgehead atoms. The molecule has 0 radical (unpaired) electrons. The highest BCUT2D eigenvalue weighted by molar-refractivity contribution is 6.31. The summed E-state index contributed by atoms with van der Waals surface area (Å²) >= 11 is 5.82. The molecule has 5 heteroatoms. The molecule has 0 saturated heterocycles. The zero-order valence-corrected chi connectivity index (χ0v) is 12.1. The van der Waals surface area contributed by atoms with Crippen molar-refractivity contribution < 1.29 is 9.53 Å². The fourth-order valence-electron chi connectivity index (χ4n) is 2.51. The molecule has 0 heterocycles. The molecule has 1 fully saturated rings. The summed E-state index contributed by atoms with van der Waals surface area (Å²) in [6, 6.07) is 4.99. The van der Waals surface area contributed by atoms with Gasteiger partial charge in [-0.3, -0.25) is 4.79 Å². The van der Waals surface area contributed by atoms with Gasteiger partial charge in [0.05, 0.1) is 11.7 Å². The maximum Gasteiger partial charge on any atom is 0.253 e. The van der Waals surface area contributed by atoms with Gasteiger partial charge < -0.3 is 15.8 Å². The highest BCUT2D eigenvalue weighted by Gasteiger charge is 2.49. The van der Waals surface area contributed by atoms with E-state index in [9.17, 15) is 4.79 Å². The van der Waals surface area contributed by atoms with Crippen molar-refractivity contribution in [3.8, 4) is 0 Å². The van der Waals surface area contributed by atoms with Gasteiger partial charge in [0.25, 0.3) is 5.91 Å². The Balaban J connectivity index is 2.07. The number of methoxy groups -OCH3 is 1. The highest BCUT2D eigenvalue weighted by atomic mass is 35.5. The van der Waals surface area contributed by atoms with Crippen LogP contribution >= 0.6 is 11.6 Å². The molecule has 2 rings (SSSR count). The summed E-state index contributed by atoms with van der Waals surface area (Å²) in [5.74, 6) is -0.165. The summed E-state index contributed by atoms with van der Waals surface area (Å²) in [6.07, 6.45) is 1.00. The predicted octanol–water partition coefficient (Wildman–Crippen LogP) is 2.47. The number of benzene rings is 1. The summed E-state index contributed by atoms with van der Waals surface area (Å²) < 4.78 is 5.36. The minimum absolute atomic E-state index is 0.0639. The minimum atomic E-state index is -0.165. The Morgan fingerprint density at radius 3 is 2.74 bits per heavy atom. The van der Waals surface area contributed by atoms with E-state index in [1.165, 1.54) is 0 Å². The second-order valence-electron chi connectivity index (χ2n) is 5.54. The topological polar surface area (TPSA) is 64.3 Å². The summed E-state index contributed by atoms with van der Waals surface area (Å²) in [5, 5.41) is 3.53. The normalized spacial score (nSPS) is 24.6. The lowest BCUT2D eigenvalue weighted by Gasteiger charge is -2.51. The smallest absolute Gasteiger partial charge is 0.253 e. The van der Waals surface area contributed by atoms with Gasteiger partial charge in [0, 0.05) is 29.3 Å². The average Bonchev–Trinajstić information content (AvgIpc) is 2.33. The van der Waals surface area contributed by atoms with Crippen LogP contribution in [0, 0.1) is 5.41 Å². The Morgan fingerprint density at radius 1 is 1.53 bits per heavy atom. The molecule has 0 aromatic heterocycles. The van der Waals surface area contributed by atoms with Gasteiger partial charge in [0.2, 0.25) is 0 Å². The standard InChI is InChI=1S/C14H19ClN2O2/c1-14(2)11(7-12(14)19-3)17-13(18)9-5-4-8(15)6-10(9)16/h4-6,11-12H,7,16H2,1-3H3,(H,17,18). The van der Waals surface area contributed by atoms with Crippen LogP contribution in [0.4, 0.5) is 5.69 Å². The van der Waals surface area contributed by atoms with Gasteiger partial charge in [-0.2, -0.15) is 0 Å². The van der Waals surface area contributed by atoms with Crippen LogP contribution in [-0.2, 0) is 4.74 Å². The molecular formula is C14H19ClN2O2. The third kappa shape index (κ3) is 2.55. The van der Waals surface area contributed by atoms with Crippen LogP contribution in [0.15, 0.2) is 18.2 Å². The molecule has 1 saturated carbocycles. The molecule has 3 N–H and O–H groups in total. The van der Waals surface area contributed by atoms with Crippen molar-refractivity contribution in [1.29, 1.82) is 0 Å². The van der Waals surface area contributed by atoms with E-state index in [0.717, 1.165) is 6.42 Å². The van der Waals surface area contributed by atoms with Gasteiger partial charge in [0.1, 0.15) is 0 Å². The van der Waals surface area contributed by atoms with Crippen molar-refractivity contribution in [1.82, 2.24) is 5.32 Å². The van der Waals surface area contributed by atoms with Crippen molar-refractivity contribution in [2.75, 3.05) is 12.8 Å². The van der Waals surface area contributed by atoms with Crippen LogP contribution in [0.25, 0.3) is 0 Å². The highest BCUT2D eigenvalue weighted by Crippen LogP contribution is 2.42. The van der Waals surface area contributed by atoms with E-state index >= 15 is 0 Å². The predicted molar refractivity (Wildman–Crippen MR) is 76.3 cm³/mol.